The maximum absolute atomic E-state index is 13.6. The number of hydrogen-bond donors (Lipinski definition) is 3. The van der Waals surface area contributed by atoms with Gasteiger partial charge in [-0.05, 0) is 24.3 Å². The molecule has 2 rings (SSSR count). The summed E-state index contributed by atoms with van der Waals surface area (Å²) >= 11 is 5.46. The van der Waals surface area contributed by atoms with E-state index in [1.807, 2.05) is 5.32 Å². The molecule has 6 nitrogen and oxygen atoms in total. The Labute approximate surface area is 134 Å². The standard InChI is InChI=1S/C14H11ClF2N2O4/c15-7-4-8(16)12(9(17)5-7)19-14(22)13(21)18-10(6-20)11-2-1-3-23-11/h1-5,10,20H,6H2,(H,18,21)(H,19,22). The highest BCUT2D eigenvalue weighted by molar-refractivity contribution is 6.39. The van der Waals surface area contributed by atoms with Crippen molar-refractivity contribution >= 4 is 29.1 Å². The Bertz CT molecular complexity index is 699. The normalized spacial score (nSPS) is 11.8. The maximum Gasteiger partial charge on any atom is 0.313 e. The van der Waals surface area contributed by atoms with E-state index in [1.54, 1.807) is 0 Å². The van der Waals surface area contributed by atoms with Crippen LogP contribution < -0.4 is 10.6 Å². The molecule has 0 spiro atoms. The molecule has 2 amide bonds. The summed E-state index contributed by atoms with van der Waals surface area (Å²) in [7, 11) is 0. The van der Waals surface area contributed by atoms with Crippen molar-refractivity contribution in [3.8, 4) is 0 Å². The van der Waals surface area contributed by atoms with Crippen molar-refractivity contribution in [2.75, 3.05) is 11.9 Å². The molecule has 1 aromatic carbocycles. The molecule has 0 aliphatic heterocycles. The fourth-order valence-corrected chi connectivity index (χ4v) is 1.94. The van der Waals surface area contributed by atoms with Crippen LogP contribution in [0, 0.1) is 11.6 Å². The molecule has 2 aromatic rings. The summed E-state index contributed by atoms with van der Waals surface area (Å²) in [4.78, 5) is 23.5. The zero-order valence-electron chi connectivity index (χ0n) is 11.5. The van der Waals surface area contributed by atoms with Crippen LogP contribution in [0.1, 0.15) is 11.8 Å². The molecule has 23 heavy (non-hydrogen) atoms. The van der Waals surface area contributed by atoms with E-state index in [0.29, 0.717) is 0 Å². The van der Waals surface area contributed by atoms with E-state index >= 15 is 0 Å². The first-order valence-electron chi connectivity index (χ1n) is 6.33. The average molecular weight is 345 g/mol. The highest BCUT2D eigenvalue weighted by Gasteiger charge is 2.23. The van der Waals surface area contributed by atoms with Gasteiger partial charge in [-0.1, -0.05) is 11.6 Å². The van der Waals surface area contributed by atoms with Gasteiger partial charge in [-0.15, -0.1) is 0 Å². The number of carbonyl (C=O) groups excluding carboxylic acids is 2. The van der Waals surface area contributed by atoms with E-state index in [0.717, 1.165) is 12.1 Å². The van der Waals surface area contributed by atoms with Gasteiger partial charge in [0.15, 0.2) is 11.6 Å². The summed E-state index contributed by atoms with van der Waals surface area (Å²) in [5.41, 5.74) is -0.798. The number of aliphatic hydroxyl groups is 1. The number of halogens is 3. The van der Waals surface area contributed by atoms with Gasteiger partial charge in [0.1, 0.15) is 17.5 Å². The summed E-state index contributed by atoms with van der Waals surface area (Å²) in [6, 6.07) is 3.62. The molecule has 0 saturated carbocycles. The quantitative estimate of drug-likeness (QED) is 0.740. The molecule has 0 radical (unpaired) electrons. The highest BCUT2D eigenvalue weighted by Crippen LogP contribution is 2.23. The minimum absolute atomic E-state index is 0.194. The van der Waals surface area contributed by atoms with Gasteiger partial charge in [-0.3, -0.25) is 9.59 Å². The van der Waals surface area contributed by atoms with E-state index in [2.05, 4.69) is 5.32 Å². The fourth-order valence-electron chi connectivity index (χ4n) is 1.75. The topological polar surface area (TPSA) is 91.6 Å². The predicted octanol–water partition coefficient (Wildman–Crippen LogP) is 2.00. The Morgan fingerprint density at radius 3 is 2.43 bits per heavy atom. The minimum atomic E-state index is -1.31. The van der Waals surface area contributed by atoms with E-state index in [9.17, 15) is 23.5 Å². The Morgan fingerprint density at radius 1 is 1.26 bits per heavy atom. The van der Waals surface area contributed by atoms with E-state index in [4.69, 9.17) is 16.0 Å². The zero-order valence-corrected chi connectivity index (χ0v) is 12.2. The third-order valence-electron chi connectivity index (χ3n) is 2.83. The first-order chi connectivity index (χ1) is 10.9. The van der Waals surface area contributed by atoms with Crippen molar-refractivity contribution in [3.05, 3.63) is 52.9 Å². The summed E-state index contributed by atoms with van der Waals surface area (Å²) in [5, 5.41) is 13.0. The number of furan rings is 1. The summed E-state index contributed by atoms with van der Waals surface area (Å²) in [6.07, 6.45) is 1.32. The van der Waals surface area contributed by atoms with Crippen molar-refractivity contribution in [1.82, 2.24) is 5.32 Å². The van der Waals surface area contributed by atoms with Crippen molar-refractivity contribution in [2.45, 2.75) is 6.04 Å². The summed E-state index contributed by atoms with van der Waals surface area (Å²) in [6.45, 7) is -0.532. The number of nitrogens with one attached hydrogen (secondary N) is 2. The highest BCUT2D eigenvalue weighted by atomic mass is 35.5. The summed E-state index contributed by atoms with van der Waals surface area (Å²) < 4.78 is 32.1. The van der Waals surface area contributed by atoms with Gasteiger partial charge in [0.25, 0.3) is 0 Å². The zero-order chi connectivity index (χ0) is 17.0. The maximum atomic E-state index is 13.6. The van der Waals surface area contributed by atoms with Gasteiger partial charge in [-0.2, -0.15) is 0 Å². The Kier molecular flexibility index (Phi) is 5.30. The van der Waals surface area contributed by atoms with Gasteiger partial charge >= 0.3 is 11.8 Å². The monoisotopic (exact) mass is 344 g/mol. The van der Waals surface area contributed by atoms with Crippen LogP contribution in [-0.2, 0) is 9.59 Å². The molecule has 0 aliphatic carbocycles. The van der Waals surface area contributed by atoms with Gasteiger partial charge in [0.2, 0.25) is 0 Å². The second-order valence-electron chi connectivity index (χ2n) is 4.42. The Balaban J connectivity index is 2.07. The first-order valence-corrected chi connectivity index (χ1v) is 6.70. The van der Waals surface area contributed by atoms with Crippen LogP contribution in [0.15, 0.2) is 34.9 Å². The van der Waals surface area contributed by atoms with Crippen LogP contribution in [0.3, 0.4) is 0 Å². The minimum Gasteiger partial charge on any atom is -0.467 e. The van der Waals surface area contributed by atoms with Crippen LogP contribution >= 0.6 is 11.6 Å². The third kappa shape index (κ3) is 4.05. The molecular weight excluding hydrogens is 334 g/mol. The van der Waals surface area contributed by atoms with Gasteiger partial charge in [0, 0.05) is 5.02 Å². The molecule has 1 aromatic heterocycles. The first kappa shape index (κ1) is 16.9. The molecule has 0 fully saturated rings. The van der Waals surface area contributed by atoms with Crippen LogP contribution in [0.25, 0.3) is 0 Å². The second-order valence-corrected chi connectivity index (χ2v) is 4.86. The molecule has 9 heteroatoms. The lowest BCUT2D eigenvalue weighted by molar-refractivity contribution is -0.136. The van der Waals surface area contributed by atoms with Gasteiger partial charge < -0.3 is 20.2 Å². The lowest BCUT2D eigenvalue weighted by Crippen LogP contribution is -2.39. The lowest BCUT2D eigenvalue weighted by Gasteiger charge is -2.14. The second kappa shape index (κ2) is 7.21. The van der Waals surface area contributed by atoms with Crippen LogP contribution in [-0.4, -0.2) is 23.5 Å². The molecule has 1 atom stereocenters. The van der Waals surface area contributed by atoms with Crippen LogP contribution in [0.4, 0.5) is 14.5 Å². The average Bonchev–Trinajstić information content (AvgIpc) is 3.02. The summed E-state index contributed by atoms with van der Waals surface area (Å²) in [5.74, 6) is -4.54. The van der Waals surface area contributed by atoms with E-state index < -0.39 is 41.8 Å². The van der Waals surface area contributed by atoms with Crippen molar-refractivity contribution in [2.24, 2.45) is 0 Å². The SMILES string of the molecule is O=C(Nc1c(F)cc(Cl)cc1F)C(=O)NC(CO)c1ccco1. The van der Waals surface area contributed by atoms with Crippen molar-refractivity contribution in [1.29, 1.82) is 0 Å². The third-order valence-corrected chi connectivity index (χ3v) is 3.04. The number of rotatable bonds is 4. The lowest BCUT2D eigenvalue weighted by atomic mass is 10.2. The Hall–Kier alpha value is -2.45. The van der Waals surface area contributed by atoms with Crippen molar-refractivity contribution < 1.29 is 27.9 Å². The molecular formula is C14H11ClF2N2O4. The van der Waals surface area contributed by atoms with Crippen LogP contribution in [0.2, 0.25) is 5.02 Å². The van der Waals surface area contributed by atoms with Crippen LogP contribution in [0.5, 0.6) is 0 Å². The fraction of sp³-hybridized carbons (Fsp3) is 0.143. The number of carbonyl (C=O) groups is 2. The molecule has 3 N–H and O–H groups in total. The van der Waals surface area contributed by atoms with E-state index in [1.165, 1.54) is 18.4 Å². The Morgan fingerprint density at radius 2 is 1.91 bits per heavy atom. The van der Waals surface area contributed by atoms with Gasteiger partial charge in [0.05, 0.1) is 12.9 Å². The molecule has 1 heterocycles. The van der Waals surface area contributed by atoms with Gasteiger partial charge in [-0.25, -0.2) is 8.78 Å². The molecule has 1 unspecified atom stereocenters. The van der Waals surface area contributed by atoms with Crippen molar-refractivity contribution in [3.63, 3.8) is 0 Å². The molecule has 122 valence electrons. The number of aliphatic hydroxyl groups excluding tert-OH is 1. The predicted molar refractivity (Wildman–Crippen MR) is 76.7 cm³/mol. The smallest absolute Gasteiger partial charge is 0.313 e. The number of amides is 2. The molecule has 0 saturated heterocycles. The number of hydrogen-bond acceptors (Lipinski definition) is 4. The molecule has 0 aliphatic rings. The number of benzene rings is 1. The number of anilines is 1. The largest absolute Gasteiger partial charge is 0.467 e. The molecule has 0 bridgehead atoms. The van der Waals surface area contributed by atoms with E-state index in [-0.39, 0.29) is 10.8 Å².